The van der Waals surface area contributed by atoms with Crippen molar-refractivity contribution in [2.75, 3.05) is 18.4 Å². The first-order valence-electron chi connectivity index (χ1n) is 6.19. The molecule has 1 unspecified atom stereocenters. The lowest BCUT2D eigenvalue weighted by Gasteiger charge is -2.14. The summed E-state index contributed by atoms with van der Waals surface area (Å²) >= 11 is 0. The van der Waals surface area contributed by atoms with Gasteiger partial charge in [-0.1, -0.05) is 0 Å². The molecule has 0 amide bonds. The van der Waals surface area contributed by atoms with Gasteiger partial charge in [-0.05, 0) is 38.4 Å². The van der Waals surface area contributed by atoms with E-state index in [2.05, 4.69) is 25.6 Å². The van der Waals surface area contributed by atoms with E-state index in [9.17, 15) is 0 Å². The molecule has 17 heavy (non-hydrogen) atoms. The molecule has 0 bridgehead atoms. The van der Waals surface area contributed by atoms with Crippen molar-refractivity contribution in [1.29, 1.82) is 0 Å². The molecule has 1 aliphatic heterocycles. The molecule has 0 aromatic carbocycles. The van der Waals surface area contributed by atoms with Crippen molar-refractivity contribution in [2.24, 2.45) is 0 Å². The number of hydrogen-bond acceptors (Lipinski definition) is 4. The van der Waals surface area contributed by atoms with E-state index >= 15 is 0 Å². The standard InChI is InChI=1S/C12H17N5/c1-2-9(3-6-13-5-1)15-12-16-10-4-7-14-8-11(10)17-12/h4,7-9,13H,1-3,5-6H2,(H2,15,16,17). The second-order valence-corrected chi connectivity index (χ2v) is 4.50. The lowest BCUT2D eigenvalue weighted by Crippen LogP contribution is -2.22. The highest BCUT2D eigenvalue weighted by Gasteiger charge is 2.13. The van der Waals surface area contributed by atoms with Crippen LogP contribution in [-0.4, -0.2) is 34.1 Å². The highest BCUT2D eigenvalue weighted by Crippen LogP contribution is 2.15. The Morgan fingerprint density at radius 2 is 2.29 bits per heavy atom. The lowest BCUT2D eigenvalue weighted by molar-refractivity contribution is 0.633. The third kappa shape index (κ3) is 2.39. The van der Waals surface area contributed by atoms with Gasteiger partial charge in [-0.3, -0.25) is 4.98 Å². The number of fused-ring (bicyclic) bond motifs is 1. The van der Waals surface area contributed by atoms with Crippen molar-refractivity contribution in [3.8, 4) is 0 Å². The van der Waals surface area contributed by atoms with Crippen molar-refractivity contribution >= 4 is 17.0 Å². The Kier molecular flexibility index (Phi) is 2.92. The van der Waals surface area contributed by atoms with E-state index in [0.29, 0.717) is 6.04 Å². The van der Waals surface area contributed by atoms with Crippen LogP contribution in [0.15, 0.2) is 18.5 Å². The molecular formula is C12H17N5. The molecule has 0 spiro atoms. The number of nitrogens with one attached hydrogen (secondary N) is 3. The summed E-state index contributed by atoms with van der Waals surface area (Å²) in [7, 11) is 0. The van der Waals surface area contributed by atoms with E-state index in [-0.39, 0.29) is 0 Å². The predicted octanol–water partition coefficient (Wildman–Crippen LogP) is 1.51. The van der Waals surface area contributed by atoms with Crippen molar-refractivity contribution in [3.63, 3.8) is 0 Å². The number of hydrogen-bond donors (Lipinski definition) is 3. The SMILES string of the molecule is c1cc2nc(NC3CCCNCC3)[nH]c2cn1. The molecule has 0 radical (unpaired) electrons. The van der Waals surface area contributed by atoms with Gasteiger partial charge in [0, 0.05) is 12.2 Å². The van der Waals surface area contributed by atoms with Crippen LogP contribution >= 0.6 is 0 Å². The minimum absolute atomic E-state index is 0.513. The summed E-state index contributed by atoms with van der Waals surface area (Å²) in [4.78, 5) is 11.8. The molecule has 1 saturated heterocycles. The summed E-state index contributed by atoms with van der Waals surface area (Å²) < 4.78 is 0. The molecule has 90 valence electrons. The summed E-state index contributed by atoms with van der Waals surface area (Å²) in [6.45, 7) is 2.21. The minimum Gasteiger partial charge on any atom is -0.353 e. The van der Waals surface area contributed by atoms with Crippen LogP contribution in [-0.2, 0) is 0 Å². The smallest absolute Gasteiger partial charge is 0.201 e. The summed E-state index contributed by atoms with van der Waals surface area (Å²) in [5.41, 5.74) is 1.95. The number of H-pyrrole nitrogens is 1. The van der Waals surface area contributed by atoms with Crippen LogP contribution in [0.1, 0.15) is 19.3 Å². The first-order valence-corrected chi connectivity index (χ1v) is 6.19. The van der Waals surface area contributed by atoms with Gasteiger partial charge in [0.25, 0.3) is 0 Å². The maximum Gasteiger partial charge on any atom is 0.201 e. The maximum atomic E-state index is 4.51. The normalized spacial score (nSPS) is 21.3. The average Bonchev–Trinajstić information content (AvgIpc) is 2.57. The molecule has 3 rings (SSSR count). The van der Waals surface area contributed by atoms with E-state index in [0.717, 1.165) is 36.5 Å². The molecule has 3 heterocycles. The molecule has 5 heteroatoms. The molecule has 1 fully saturated rings. The van der Waals surface area contributed by atoms with Gasteiger partial charge in [-0.15, -0.1) is 0 Å². The largest absolute Gasteiger partial charge is 0.353 e. The molecule has 1 aliphatic rings. The van der Waals surface area contributed by atoms with Crippen molar-refractivity contribution in [3.05, 3.63) is 18.5 Å². The third-order valence-electron chi connectivity index (χ3n) is 3.20. The predicted molar refractivity (Wildman–Crippen MR) is 68.0 cm³/mol. The summed E-state index contributed by atoms with van der Waals surface area (Å²) in [5, 5.41) is 6.88. The molecule has 2 aromatic heterocycles. The number of aromatic nitrogens is 3. The second-order valence-electron chi connectivity index (χ2n) is 4.50. The minimum atomic E-state index is 0.513. The Hall–Kier alpha value is -1.62. The van der Waals surface area contributed by atoms with Crippen LogP contribution in [0.2, 0.25) is 0 Å². The number of nitrogens with zero attached hydrogens (tertiary/aromatic N) is 2. The van der Waals surface area contributed by atoms with Crippen LogP contribution in [0.25, 0.3) is 11.0 Å². The van der Waals surface area contributed by atoms with Crippen LogP contribution < -0.4 is 10.6 Å². The Bertz CT molecular complexity index is 451. The number of imidazole rings is 1. The van der Waals surface area contributed by atoms with Crippen LogP contribution in [0.5, 0.6) is 0 Å². The maximum absolute atomic E-state index is 4.51. The van der Waals surface area contributed by atoms with Gasteiger partial charge in [-0.2, -0.15) is 0 Å². The number of aromatic amines is 1. The van der Waals surface area contributed by atoms with Gasteiger partial charge >= 0.3 is 0 Å². The summed E-state index contributed by atoms with van der Waals surface area (Å²) in [6, 6.07) is 2.43. The second kappa shape index (κ2) is 4.71. The van der Waals surface area contributed by atoms with E-state index < -0.39 is 0 Å². The lowest BCUT2D eigenvalue weighted by atomic mass is 10.1. The third-order valence-corrected chi connectivity index (χ3v) is 3.20. The van der Waals surface area contributed by atoms with Gasteiger partial charge in [0.1, 0.15) is 0 Å². The van der Waals surface area contributed by atoms with Gasteiger partial charge < -0.3 is 15.6 Å². The fourth-order valence-electron chi connectivity index (χ4n) is 2.28. The number of anilines is 1. The zero-order valence-electron chi connectivity index (χ0n) is 9.74. The van der Waals surface area contributed by atoms with Crippen molar-refractivity contribution < 1.29 is 0 Å². The molecule has 0 aliphatic carbocycles. The van der Waals surface area contributed by atoms with Gasteiger partial charge in [0.05, 0.1) is 17.2 Å². The van der Waals surface area contributed by atoms with Crippen molar-refractivity contribution in [2.45, 2.75) is 25.3 Å². The van der Waals surface area contributed by atoms with Gasteiger partial charge in [0.15, 0.2) is 0 Å². The average molecular weight is 231 g/mol. The van der Waals surface area contributed by atoms with E-state index in [4.69, 9.17) is 0 Å². The van der Waals surface area contributed by atoms with Crippen LogP contribution in [0, 0.1) is 0 Å². The van der Waals surface area contributed by atoms with E-state index in [1.807, 2.05) is 12.3 Å². The Morgan fingerprint density at radius 3 is 3.24 bits per heavy atom. The molecule has 5 nitrogen and oxygen atoms in total. The first-order chi connectivity index (χ1) is 8.42. The van der Waals surface area contributed by atoms with Crippen LogP contribution in [0.4, 0.5) is 5.95 Å². The van der Waals surface area contributed by atoms with Gasteiger partial charge in [0.2, 0.25) is 5.95 Å². The fraction of sp³-hybridized carbons (Fsp3) is 0.500. The highest BCUT2D eigenvalue weighted by atomic mass is 15.1. The zero-order valence-corrected chi connectivity index (χ0v) is 9.74. The zero-order chi connectivity index (χ0) is 11.5. The summed E-state index contributed by atoms with van der Waals surface area (Å²) in [6.07, 6.45) is 7.14. The monoisotopic (exact) mass is 231 g/mol. The molecule has 3 N–H and O–H groups in total. The van der Waals surface area contributed by atoms with Crippen LogP contribution in [0.3, 0.4) is 0 Å². The van der Waals surface area contributed by atoms with Gasteiger partial charge in [-0.25, -0.2) is 4.98 Å². The topological polar surface area (TPSA) is 65.6 Å². The number of rotatable bonds is 2. The highest BCUT2D eigenvalue weighted by molar-refractivity contribution is 5.76. The van der Waals surface area contributed by atoms with E-state index in [1.54, 1.807) is 6.20 Å². The van der Waals surface area contributed by atoms with E-state index in [1.165, 1.54) is 12.8 Å². The molecule has 0 saturated carbocycles. The number of pyridine rings is 1. The Labute approximate surface area is 100 Å². The molecular weight excluding hydrogens is 214 g/mol. The first kappa shape index (κ1) is 10.5. The molecule has 2 aromatic rings. The fourth-order valence-corrected chi connectivity index (χ4v) is 2.28. The Morgan fingerprint density at radius 1 is 1.29 bits per heavy atom. The quantitative estimate of drug-likeness (QED) is 0.733. The van der Waals surface area contributed by atoms with Crippen molar-refractivity contribution in [1.82, 2.24) is 20.3 Å². The molecule has 1 atom stereocenters. The summed E-state index contributed by atoms with van der Waals surface area (Å²) in [5.74, 6) is 0.861. The Balaban J connectivity index is 1.75.